The van der Waals surface area contributed by atoms with E-state index in [-0.39, 0.29) is 0 Å². The second-order valence-corrected chi connectivity index (χ2v) is 4.72. The molecule has 2 aromatic heterocycles. The van der Waals surface area contributed by atoms with Gasteiger partial charge in [0.25, 0.3) is 0 Å². The number of aromatic carboxylic acids is 1. The van der Waals surface area contributed by atoms with Crippen molar-refractivity contribution in [2.24, 2.45) is 0 Å². The molecule has 0 aliphatic carbocycles. The molecule has 4 nitrogen and oxygen atoms in total. The van der Waals surface area contributed by atoms with E-state index in [1.54, 1.807) is 17.6 Å². The maximum absolute atomic E-state index is 10.7. The first-order valence-corrected chi connectivity index (χ1v) is 5.82. The Bertz CT molecular complexity index is 514. The molecule has 2 rings (SSSR count). The zero-order valence-electron chi connectivity index (χ0n) is 9.04. The molecule has 5 heteroatoms. The summed E-state index contributed by atoms with van der Waals surface area (Å²) >= 11 is 1.42. The molecule has 0 atom stereocenters. The van der Waals surface area contributed by atoms with E-state index in [0.29, 0.717) is 11.6 Å². The largest absolute Gasteiger partial charge is 0.478 e. The van der Waals surface area contributed by atoms with Crippen LogP contribution in [0.2, 0.25) is 0 Å². The van der Waals surface area contributed by atoms with Crippen molar-refractivity contribution in [3.8, 4) is 10.4 Å². The third-order valence-corrected chi connectivity index (χ3v) is 3.24. The van der Waals surface area contributed by atoms with Crippen LogP contribution in [-0.2, 0) is 0 Å². The molecular weight excluding hydrogens is 224 g/mol. The van der Waals surface area contributed by atoms with Gasteiger partial charge in [0.2, 0.25) is 0 Å². The Morgan fingerprint density at radius 1 is 1.56 bits per heavy atom. The van der Waals surface area contributed by atoms with Crippen LogP contribution in [0.25, 0.3) is 10.4 Å². The van der Waals surface area contributed by atoms with Crippen molar-refractivity contribution in [3.63, 3.8) is 0 Å². The topological polar surface area (TPSA) is 55.1 Å². The van der Waals surface area contributed by atoms with Crippen LogP contribution < -0.4 is 0 Å². The average Bonchev–Trinajstić information content (AvgIpc) is 2.86. The minimum Gasteiger partial charge on any atom is -0.478 e. The second kappa shape index (κ2) is 4.09. The summed E-state index contributed by atoms with van der Waals surface area (Å²) in [4.78, 5) is 11.7. The van der Waals surface area contributed by atoms with Crippen LogP contribution in [0.5, 0.6) is 0 Å². The molecule has 2 heterocycles. The predicted octanol–water partition coefficient (Wildman–Crippen LogP) is 2.89. The lowest BCUT2D eigenvalue weighted by molar-refractivity contribution is 0.0697. The quantitative estimate of drug-likeness (QED) is 0.891. The number of hydrogen-bond donors (Lipinski definition) is 1. The van der Waals surface area contributed by atoms with E-state index in [2.05, 4.69) is 5.10 Å². The summed E-state index contributed by atoms with van der Waals surface area (Å²) in [7, 11) is 0. The molecule has 0 saturated heterocycles. The van der Waals surface area contributed by atoms with E-state index in [0.717, 1.165) is 10.4 Å². The first-order chi connectivity index (χ1) is 7.58. The number of aromatic nitrogens is 2. The van der Waals surface area contributed by atoms with Gasteiger partial charge in [-0.3, -0.25) is 4.68 Å². The molecule has 0 spiro atoms. The van der Waals surface area contributed by atoms with Crippen molar-refractivity contribution >= 4 is 17.3 Å². The zero-order valence-corrected chi connectivity index (χ0v) is 9.86. The van der Waals surface area contributed by atoms with Crippen molar-refractivity contribution in [2.75, 3.05) is 0 Å². The molecule has 0 aliphatic rings. The van der Waals surface area contributed by atoms with Gasteiger partial charge in [0.05, 0.1) is 11.8 Å². The van der Waals surface area contributed by atoms with Crippen LogP contribution in [0.15, 0.2) is 23.8 Å². The van der Waals surface area contributed by atoms with Gasteiger partial charge in [0.15, 0.2) is 0 Å². The third kappa shape index (κ3) is 1.99. The smallest absolute Gasteiger partial charge is 0.336 e. The van der Waals surface area contributed by atoms with Crippen molar-refractivity contribution in [1.82, 2.24) is 9.78 Å². The normalized spacial score (nSPS) is 10.9. The highest BCUT2D eigenvalue weighted by molar-refractivity contribution is 7.13. The number of carbonyl (C=O) groups is 1. The minimum atomic E-state index is -0.890. The molecule has 0 unspecified atom stereocenters. The third-order valence-electron chi connectivity index (χ3n) is 2.26. The summed E-state index contributed by atoms with van der Waals surface area (Å²) in [5, 5.41) is 14.7. The molecule has 2 aromatic rings. The van der Waals surface area contributed by atoms with E-state index in [1.165, 1.54) is 11.3 Å². The molecule has 0 saturated carbocycles. The van der Waals surface area contributed by atoms with Gasteiger partial charge in [0, 0.05) is 28.1 Å². The Balaban J connectivity index is 2.31. The molecule has 0 aromatic carbocycles. The molecule has 84 valence electrons. The molecule has 0 bridgehead atoms. The van der Waals surface area contributed by atoms with E-state index < -0.39 is 5.97 Å². The minimum absolute atomic E-state index is 0.313. The Morgan fingerprint density at radius 2 is 2.31 bits per heavy atom. The molecule has 0 fully saturated rings. The lowest BCUT2D eigenvalue weighted by Crippen LogP contribution is -1.99. The average molecular weight is 236 g/mol. The number of carboxylic acids is 1. The van der Waals surface area contributed by atoms with Crippen molar-refractivity contribution in [2.45, 2.75) is 19.9 Å². The Morgan fingerprint density at radius 3 is 2.81 bits per heavy atom. The molecule has 0 radical (unpaired) electrons. The fourth-order valence-corrected chi connectivity index (χ4v) is 2.21. The van der Waals surface area contributed by atoms with Crippen LogP contribution >= 0.6 is 11.3 Å². The summed E-state index contributed by atoms with van der Waals surface area (Å²) in [6.07, 6.45) is 3.69. The maximum atomic E-state index is 10.7. The van der Waals surface area contributed by atoms with E-state index >= 15 is 0 Å². The monoisotopic (exact) mass is 236 g/mol. The number of hydrogen-bond acceptors (Lipinski definition) is 3. The van der Waals surface area contributed by atoms with Crippen LogP contribution in [0.1, 0.15) is 30.2 Å². The first kappa shape index (κ1) is 10.9. The number of nitrogens with zero attached hydrogens (tertiary/aromatic N) is 2. The summed E-state index contributed by atoms with van der Waals surface area (Å²) in [6.45, 7) is 4.10. The molecule has 0 aliphatic heterocycles. The van der Waals surface area contributed by atoms with Crippen LogP contribution in [0.3, 0.4) is 0 Å². The lowest BCUT2D eigenvalue weighted by atomic mass is 10.2. The molecule has 0 amide bonds. The van der Waals surface area contributed by atoms with Gasteiger partial charge in [-0.2, -0.15) is 5.10 Å². The van der Waals surface area contributed by atoms with Crippen molar-refractivity contribution < 1.29 is 9.90 Å². The van der Waals surface area contributed by atoms with Gasteiger partial charge in [-0.15, -0.1) is 11.3 Å². The van der Waals surface area contributed by atoms with Gasteiger partial charge in [0.1, 0.15) is 0 Å². The Labute approximate surface area is 97.2 Å². The van der Waals surface area contributed by atoms with E-state index in [9.17, 15) is 4.79 Å². The fourth-order valence-electron chi connectivity index (χ4n) is 1.35. The second-order valence-electron chi connectivity index (χ2n) is 3.81. The highest BCUT2D eigenvalue weighted by Gasteiger charge is 2.10. The summed E-state index contributed by atoms with van der Waals surface area (Å²) < 4.78 is 1.86. The van der Waals surface area contributed by atoms with E-state index in [4.69, 9.17) is 5.11 Å². The maximum Gasteiger partial charge on any atom is 0.336 e. The number of rotatable bonds is 3. The lowest BCUT2D eigenvalue weighted by Gasteiger charge is -2.02. The van der Waals surface area contributed by atoms with Crippen LogP contribution in [0, 0.1) is 0 Å². The first-order valence-electron chi connectivity index (χ1n) is 4.94. The molecule has 1 N–H and O–H groups in total. The van der Waals surface area contributed by atoms with Gasteiger partial charge in [-0.05, 0) is 19.9 Å². The van der Waals surface area contributed by atoms with Crippen molar-refractivity contribution in [3.05, 3.63) is 29.4 Å². The zero-order chi connectivity index (χ0) is 11.7. The van der Waals surface area contributed by atoms with E-state index in [1.807, 2.05) is 24.7 Å². The van der Waals surface area contributed by atoms with Gasteiger partial charge >= 0.3 is 5.97 Å². The van der Waals surface area contributed by atoms with Crippen LogP contribution in [0.4, 0.5) is 0 Å². The number of carboxylic acid groups (broad SMARTS) is 1. The van der Waals surface area contributed by atoms with Gasteiger partial charge in [-0.25, -0.2) is 4.79 Å². The van der Waals surface area contributed by atoms with Gasteiger partial charge in [-0.1, -0.05) is 0 Å². The van der Waals surface area contributed by atoms with Crippen molar-refractivity contribution in [1.29, 1.82) is 0 Å². The molecular formula is C11H12N2O2S. The summed E-state index contributed by atoms with van der Waals surface area (Å²) in [5.74, 6) is -0.890. The highest BCUT2D eigenvalue weighted by atomic mass is 32.1. The fraction of sp³-hybridized carbons (Fsp3) is 0.273. The van der Waals surface area contributed by atoms with Crippen LogP contribution in [-0.4, -0.2) is 20.9 Å². The predicted molar refractivity (Wildman–Crippen MR) is 62.9 cm³/mol. The summed E-state index contributed by atoms with van der Waals surface area (Å²) in [6, 6.07) is 1.99. The molecule has 16 heavy (non-hydrogen) atoms. The SMILES string of the molecule is CC(C)n1cc(-c2cc(C(=O)O)cs2)cn1. The number of thiophene rings is 1. The Kier molecular flexibility index (Phi) is 2.78. The standard InChI is InChI=1S/C11H12N2O2S/c1-7(2)13-5-9(4-12-13)10-3-8(6-16-10)11(14)15/h3-7H,1-2H3,(H,14,15). The van der Waals surface area contributed by atoms with Gasteiger partial charge < -0.3 is 5.11 Å². The highest BCUT2D eigenvalue weighted by Crippen LogP contribution is 2.27. The summed E-state index contributed by atoms with van der Waals surface area (Å²) in [5.41, 5.74) is 1.29. The Hall–Kier alpha value is -1.62.